The molecule has 0 saturated heterocycles. The number of rotatable bonds is 6. The maximum Gasteiger partial charge on any atom is 0.421 e. The van der Waals surface area contributed by atoms with Crippen molar-refractivity contribution in [1.82, 2.24) is 9.97 Å². The zero-order valence-corrected chi connectivity index (χ0v) is 17.5. The zero-order valence-electron chi connectivity index (χ0n) is 17.5. The van der Waals surface area contributed by atoms with Crippen LogP contribution in [0.5, 0.6) is 23.0 Å². The lowest BCUT2D eigenvalue weighted by molar-refractivity contribution is -0.137. The summed E-state index contributed by atoms with van der Waals surface area (Å²) in [6.45, 7) is 0.108. The van der Waals surface area contributed by atoms with Crippen molar-refractivity contribution < 1.29 is 27.4 Å². The molecule has 0 atom stereocenters. The average Bonchev–Trinajstić information content (AvgIpc) is 3.27. The Morgan fingerprint density at radius 3 is 2.38 bits per heavy atom. The number of benzene rings is 3. The Morgan fingerprint density at radius 1 is 0.794 bits per heavy atom. The highest BCUT2D eigenvalue weighted by Crippen LogP contribution is 2.37. The fourth-order valence-electron chi connectivity index (χ4n) is 3.25. The van der Waals surface area contributed by atoms with Crippen LogP contribution in [-0.4, -0.2) is 16.8 Å². The first-order valence-electron chi connectivity index (χ1n) is 10.1. The Balaban J connectivity index is 1.41. The molecule has 1 aliphatic heterocycles. The summed E-state index contributed by atoms with van der Waals surface area (Å²) < 4.78 is 57.2. The van der Waals surface area contributed by atoms with Crippen LogP contribution in [0.3, 0.4) is 0 Å². The molecule has 0 radical (unpaired) electrons. The number of ether oxygens (including phenoxy) is 3. The van der Waals surface area contributed by atoms with Gasteiger partial charge in [-0.3, -0.25) is 0 Å². The Morgan fingerprint density at radius 2 is 1.56 bits per heavy atom. The molecule has 0 spiro atoms. The molecule has 10 heteroatoms. The van der Waals surface area contributed by atoms with E-state index in [1.165, 1.54) is 0 Å². The first-order valence-corrected chi connectivity index (χ1v) is 10.1. The summed E-state index contributed by atoms with van der Waals surface area (Å²) in [4.78, 5) is 7.90. The van der Waals surface area contributed by atoms with Crippen LogP contribution in [-0.2, 0) is 6.18 Å². The highest BCUT2D eigenvalue weighted by Gasteiger charge is 2.35. The lowest BCUT2D eigenvalue weighted by Crippen LogP contribution is -2.12. The van der Waals surface area contributed by atoms with Crippen molar-refractivity contribution in [2.24, 2.45) is 0 Å². The molecule has 1 aromatic heterocycles. The standard InChI is InChI=1S/C24H17F3N4O3/c25-24(26,27)19-13-28-23(30-16-9-10-20-21(12-16)33-14-32-20)31-22(19)29-15-5-4-8-18(11-15)34-17-6-2-1-3-7-17/h1-13H,14H2,(H2,28,29,30,31). The van der Waals surface area contributed by atoms with E-state index in [9.17, 15) is 13.2 Å². The van der Waals surface area contributed by atoms with Crippen molar-refractivity contribution in [3.8, 4) is 23.0 Å². The first kappa shape index (κ1) is 21.4. The van der Waals surface area contributed by atoms with Gasteiger partial charge in [0.1, 0.15) is 22.9 Å². The highest BCUT2D eigenvalue weighted by molar-refractivity contribution is 5.65. The molecular formula is C24H17F3N4O3. The number of nitrogens with zero attached hydrogens (tertiary/aromatic N) is 2. The number of para-hydroxylation sites is 1. The van der Waals surface area contributed by atoms with Gasteiger partial charge in [0.05, 0.1) is 0 Å². The summed E-state index contributed by atoms with van der Waals surface area (Å²) in [5, 5.41) is 5.63. The summed E-state index contributed by atoms with van der Waals surface area (Å²) in [5.74, 6) is 1.74. The molecule has 172 valence electrons. The average molecular weight is 466 g/mol. The van der Waals surface area contributed by atoms with Gasteiger partial charge in [-0.15, -0.1) is 0 Å². The van der Waals surface area contributed by atoms with E-state index >= 15 is 0 Å². The molecule has 1 aliphatic rings. The first-order chi connectivity index (χ1) is 16.4. The normalized spacial score (nSPS) is 12.3. The van der Waals surface area contributed by atoms with Gasteiger partial charge in [-0.1, -0.05) is 24.3 Å². The molecule has 7 nitrogen and oxygen atoms in total. The van der Waals surface area contributed by atoms with Gasteiger partial charge in [-0.2, -0.15) is 18.2 Å². The summed E-state index contributed by atoms with van der Waals surface area (Å²) in [5.41, 5.74) is -0.0991. The van der Waals surface area contributed by atoms with Crippen LogP contribution in [0.1, 0.15) is 5.56 Å². The van der Waals surface area contributed by atoms with Crippen LogP contribution in [0.2, 0.25) is 0 Å². The number of anilines is 4. The molecule has 0 aliphatic carbocycles. The lowest BCUT2D eigenvalue weighted by atomic mass is 10.2. The predicted octanol–water partition coefficient (Wildman–Crippen LogP) is 6.50. The van der Waals surface area contributed by atoms with Crippen LogP contribution in [0.4, 0.5) is 36.3 Å². The Bertz CT molecular complexity index is 1320. The van der Waals surface area contributed by atoms with E-state index in [2.05, 4.69) is 20.6 Å². The van der Waals surface area contributed by atoms with E-state index in [0.29, 0.717) is 34.4 Å². The van der Waals surface area contributed by atoms with E-state index in [-0.39, 0.29) is 12.7 Å². The summed E-state index contributed by atoms with van der Waals surface area (Å²) >= 11 is 0. The largest absolute Gasteiger partial charge is 0.457 e. The second-order valence-corrected chi connectivity index (χ2v) is 7.21. The molecule has 0 unspecified atom stereocenters. The van der Waals surface area contributed by atoms with Crippen molar-refractivity contribution in [2.75, 3.05) is 17.4 Å². The minimum Gasteiger partial charge on any atom is -0.457 e. The Hall–Kier alpha value is -4.47. The van der Waals surface area contributed by atoms with Gasteiger partial charge in [-0.05, 0) is 36.4 Å². The fraction of sp³-hybridized carbons (Fsp3) is 0.0833. The SMILES string of the molecule is FC(F)(F)c1cnc(Nc2ccc3c(c2)OCO3)nc1Nc1cccc(Oc2ccccc2)c1. The summed E-state index contributed by atoms with van der Waals surface area (Å²) in [7, 11) is 0. The second kappa shape index (κ2) is 8.81. The fourth-order valence-corrected chi connectivity index (χ4v) is 3.25. The molecule has 5 rings (SSSR count). The van der Waals surface area contributed by atoms with Crippen LogP contribution in [0, 0.1) is 0 Å². The van der Waals surface area contributed by atoms with Crippen molar-refractivity contribution in [3.05, 3.63) is 84.6 Å². The van der Waals surface area contributed by atoms with Gasteiger partial charge in [-0.25, -0.2) is 4.98 Å². The van der Waals surface area contributed by atoms with Crippen LogP contribution in [0.25, 0.3) is 0 Å². The summed E-state index contributed by atoms with van der Waals surface area (Å²) in [6, 6.07) is 20.7. The van der Waals surface area contributed by atoms with Gasteiger partial charge >= 0.3 is 6.18 Å². The number of alkyl halides is 3. The molecule has 2 heterocycles. The smallest absolute Gasteiger partial charge is 0.421 e. The van der Waals surface area contributed by atoms with Gasteiger partial charge in [0.15, 0.2) is 11.5 Å². The molecule has 3 aromatic carbocycles. The zero-order chi connectivity index (χ0) is 23.5. The number of hydrogen-bond donors (Lipinski definition) is 2. The maximum atomic E-state index is 13.6. The van der Waals surface area contributed by atoms with Gasteiger partial charge in [0, 0.05) is 29.7 Å². The third-order valence-electron chi connectivity index (χ3n) is 4.80. The van der Waals surface area contributed by atoms with Crippen LogP contribution >= 0.6 is 0 Å². The molecule has 0 amide bonds. The predicted molar refractivity (Wildman–Crippen MR) is 119 cm³/mol. The minimum atomic E-state index is -4.65. The number of halogens is 3. The van der Waals surface area contributed by atoms with Crippen LogP contribution < -0.4 is 24.8 Å². The molecule has 0 fully saturated rings. The maximum absolute atomic E-state index is 13.6. The Labute approximate surface area is 192 Å². The highest BCUT2D eigenvalue weighted by atomic mass is 19.4. The van der Waals surface area contributed by atoms with E-state index in [1.54, 1.807) is 54.6 Å². The van der Waals surface area contributed by atoms with E-state index in [0.717, 1.165) is 6.20 Å². The van der Waals surface area contributed by atoms with Crippen molar-refractivity contribution >= 4 is 23.1 Å². The minimum absolute atomic E-state index is 0.0222. The van der Waals surface area contributed by atoms with Crippen molar-refractivity contribution in [1.29, 1.82) is 0 Å². The van der Waals surface area contributed by atoms with Crippen molar-refractivity contribution in [3.63, 3.8) is 0 Å². The Kier molecular flexibility index (Phi) is 5.54. The number of aromatic nitrogens is 2. The third kappa shape index (κ3) is 4.80. The van der Waals surface area contributed by atoms with Crippen LogP contribution in [0.15, 0.2) is 79.0 Å². The number of nitrogens with one attached hydrogen (secondary N) is 2. The number of hydrogen-bond acceptors (Lipinski definition) is 7. The van der Waals surface area contributed by atoms with E-state index < -0.39 is 17.6 Å². The summed E-state index contributed by atoms with van der Waals surface area (Å²) in [6.07, 6.45) is -3.92. The lowest BCUT2D eigenvalue weighted by Gasteiger charge is -2.15. The van der Waals surface area contributed by atoms with Gasteiger partial charge in [0.25, 0.3) is 0 Å². The quantitative estimate of drug-likeness (QED) is 0.336. The third-order valence-corrected chi connectivity index (χ3v) is 4.80. The van der Waals surface area contributed by atoms with Gasteiger partial charge in [0.2, 0.25) is 12.7 Å². The number of fused-ring (bicyclic) bond motifs is 1. The monoisotopic (exact) mass is 466 g/mol. The molecule has 2 N–H and O–H groups in total. The van der Waals surface area contributed by atoms with E-state index in [4.69, 9.17) is 14.2 Å². The van der Waals surface area contributed by atoms with E-state index in [1.807, 2.05) is 18.2 Å². The molecule has 34 heavy (non-hydrogen) atoms. The second-order valence-electron chi connectivity index (χ2n) is 7.21. The molecule has 4 aromatic rings. The molecule has 0 saturated carbocycles. The van der Waals surface area contributed by atoms with Gasteiger partial charge < -0.3 is 24.8 Å². The molecular weight excluding hydrogens is 449 g/mol. The molecule has 0 bridgehead atoms. The topological polar surface area (TPSA) is 77.5 Å². The van der Waals surface area contributed by atoms with Crippen molar-refractivity contribution in [2.45, 2.75) is 6.18 Å².